The van der Waals surface area contributed by atoms with Gasteiger partial charge in [0.2, 0.25) is 0 Å². The molecule has 0 spiro atoms. The quantitative estimate of drug-likeness (QED) is 0.645. The number of ether oxygens (including phenoxy) is 1. The highest BCUT2D eigenvalue weighted by Gasteiger charge is 2.20. The molecule has 0 amide bonds. The zero-order valence-electron chi connectivity index (χ0n) is 17.3. The minimum absolute atomic E-state index is 0.0635. The minimum Gasteiger partial charge on any atom is -0.495 e. The third-order valence-corrected chi connectivity index (χ3v) is 5.33. The third kappa shape index (κ3) is 5.48. The van der Waals surface area contributed by atoms with E-state index in [9.17, 15) is 9.18 Å². The summed E-state index contributed by atoms with van der Waals surface area (Å²) in [6.45, 7) is 7.29. The number of hydrogen-bond donors (Lipinski definition) is 1. The summed E-state index contributed by atoms with van der Waals surface area (Å²) in [6, 6.07) is 12.4. The lowest BCUT2D eigenvalue weighted by atomic mass is 10.0. The average molecular weight is 400 g/mol. The Bertz CT molecular complexity index is 820. The van der Waals surface area contributed by atoms with Gasteiger partial charge in [-0.3, -0.25) is 9.69 Å². The first-order valence-corrected chi connectivity index (χ1v) is 10.3. The maximum atomic E-state index is 13.5. The summed E-state index contributed by atoms with van der Waals surface area (Å²) >= 11 is 0. The summed E-state index contributed by atoms with van der Waals surface area (Å²) in [6.07, 6.45) is 1.27. The summed E-state index contributed by atoms with van der Waals surface area (Å²) in [5, 5.41) is 3.08. The van der Waals surface area contributed by atoms with E-state index in [1.165, 1.54) is 12.1 Å². The summed E-state index contributed by atoms with van der Waals surface area (Å²) in [5.74, 6) is 0.640. The van der Waals surface area contributed by atoms with Gasteiger partial charge in [-0.25, -0.2) is 4.39 Å². The average Bonchev–Trinajstić information content (AvgIpc) is 2.74. The number of methoxy groups -OCH3 is 1. The van der Waals surface area contributed by atoms with Crippen LogP contribution in [0.3, 0.4) is 0 Å². The Kier molecular flexibility index (Phi) is 7.47. The highest BCUT2D eigenvalue weighted by Crippen LogP contribution is 2.28. The highest BCUT2D eigenvalue weighted by atomic mass is 19.1. The minimum atomic E-state index is -0.328. The number of benzene rings is 2. The van der Waals surface area contributed by atoms with Crippen molar-refractivity contribution in [3.05, 3.63) is 53.8 Å². The number of carbonyl (C=O) groups is 1. The van der Waals surface area contributed by atoms with Crippen LogP contribution < -0.4 is 15.0 Å². The monoisotopic (exact) mass is 399 g/mol. The van der Waals surface area contributed by atoms with Crippen molar-refractivity contribution in [2.45, 2.75) is 19.8 Å². The van der Waals surface area contributed by atoms with Gasteiger partial charge < -0.3 is 15.0 Å². The normalized spacial score (nSPS) is 14.7. The molecule has 1 fully saturated rings. The summed E-state index contributed by atoms with van der Waals surface area (Å²) in [7, 11) is 1.70. The first kappa shape index (κ1) is 21.1. The SMILES string of the molecule is CCNc1cc(F)ccc1C(=O)CCCN1CCN(c2ccccc2OC)CC1. The molecule has 156 valence electrons. The smallest absolute Gasteiger partial charge is 0.165 e. The van der Waals surface area contributed by atoms with Crippen molar-refractivity contribution < 1.29 is 13.9 Å². The molecule has 0 radical (unpaired) electrons. The second-order valence-electron chi connectivity index (χ2n) is 7.25. The van der Waals surface area contributed by atoms with Crippen LogP contribution in [0.4, 0.5) is 15.8 Å². The number of nitrogens with one attached hydrogen (secondary N) is 1. The molecule has 6 heteroatoms. The molecule has 0 aromatic heterocycles. The van der Waals surface area contributed by atoms with Crippen LogP contribution in [-0.2, 0) is 0 Å². The van der Waals surface area contributed by atoms with E-state index in [0.29, 0.717) is 24.2 Å². The van der Waals surface area contributed by atoms with Crippen LogP contribution in [0.1, 0.15) is 30.1 Å². The van der Waals surface area contributed by atoms with Crippen molar-refractivity contribution in [1.82, 2.24) is 4.90 Å². The first-order chi connectivity index (χ1) is 14.1. The van der Waals surface area contributed by atoms with E-state index in [2.05, 4.69) is 21.2 Å². The van der Waals surface area contributed by atoms with Gasteiger partial charge in [0.05, 0.1) is 12.8 Å². The Balaban J connectivity index is 1.47. The van der Waals surface area contributed by atoms with Gasteiger partial charge in [-0.2, -0.15) is 0 Å². The predicted molar refractivity (Wildman–Crippen MR) is 116 cm³/mol. The zero-order valence-corrected chi connectivity index (χ0v) is 17.3. The number of halogens is 1. The Hall–Kier alpha value is -2.60. The molecule has 0 unspecified atom stereocenters. The summed E-state index contributed by atoms with van der Waals surface area (Å²) in [5.41, 5.74) is 2.30. The lowest BCUT2D eigenvalue weighted by Gasteiger charge is -2.36. The fourth-order valence-electron chi connectivity index (χ4n) is 3.80. The molecule has 2 aromatic rings. The highest BCUT2D eigenvalue weighted by molar-refractivity contribution is 6.01. The van der Waals surface area contributed by atoms with Crippen LogP contribution >= 0.6 is 0 Å². The summed E-state index contributed by atoms with van der Waals surface area (Å²) in [4.78, 5) is 17.3. The number of hydrogen-bond acceptors (Lipinski definition) is 5. The summed E-state index contributed by atoms with van der Waals surface area (Å²) < 4.78 is 18.9. The predicted octanol–water partition coefficient (Wildman–Crippen LogP) is 4.05. The Labute approximate surface area is 172 Å². The number of anilines is 2. The molecule has 29 heavy (non-hydrogen) atoms. The molecule has 1 saturated heterocycles. The first-order valence-electron chi connectivity index (χ1n) is 10.3. The molecule has 1 heterocycles. The maximum Gasteiger partial charge on any atom is 0.165 e. The Morgan fingerprint density at radius 3 is 2.62 bits per heavy atom. The number of piperazine rings is 1. The molecule has 0 atom stereocenters. The van der Waals surface area contributed by atoms with Crippen molar-refractivity contribution in [2.24, 2.45) is 0 Å². The van der Waals surface area contributed by atoms with Crippen LogP contribution in [0.25, 0.3) is 0 Å². The van der Waals surface area contributed by atoms with Gasteiger partial charge in [-0.15, -0.1) is 0 Å². The maximum absolute atomic E-state index is 13.5. The van der Waals surface area contributed by atoms with Crippen molar-refractivity contribution in [2.75, 3.05) is 56.6 Å². The third-order valence-electron chi connectivity index (χ3n) is 5.33. The van der Waals surface area contributed by atoms with Crippen molar-refractivity contribution in [3.63, 3.8) is 0 Å². The van der Waals surface area contributed by atoms with Crippen LogP contribution in [0.15, 0.2) is 42.5 Å². The van der Waals surface area contributed by atoms with E-state index in [-0.39, 0.29) is 11.6 Å². The lowest BCUT2D eigenvalue weighted by molar-refractivity contribution is 0.0975. The molecule has 3 rings (SSSR count). The fraction of sp³-hybridized carbons (Fsp3) is 0.435. The molecule has 1 N–H and O–H groups in total. The largest absolute Gasteiger partial charge is 0.495 e. The van der Waals surface area contributed by atoms with Crippen molar-refractivity contribution >= 4 is 17.2 Å². The van der Waals surface area contributed by atoms with Crippen molar-refractivity contribution in [3.8, 4) is 5.75 Å². The number of nitrogens with zero attached hydrogens (tertiary/aromatic N) is 2. The van der Waals surface area contributed by atoms with E-state index in [1.807, 2.05) is 25.1 Å². The van der Waals surface area contributed by atoms with E-state index in [4.69, 9.17) is 4.74 Å². The zero-order chi connectivity index (χ0) is 20.6. The standard InChI is InChI=1S/C23H30FN3O2/c1-3-25-20-17-18(24)10-11-19(20)22(28)8-6-12-26-13-15-27(16-14-26)21-7-4-5-9-23(21)29-2/h4-5,7,9-11,17,25H,3,6,8,12-16H2,1-2H3. The molecule has 5 nitrogen and oxygen atoms in total. The molecule has 0 saturated carbocycles. The van der Waals surface area contributed by atoms with Gasteiger partial charge in [0.1, 0.15) is 11.6 Å². The van der Waals surface area contributed by atoms with E-state index < -0.39 is 0 Å². The number of rotatable bonds is 9. The molecule has 1 aliphatic heterocycles. The van der Waals surface area contributed by atoms with E-state index >= 15 is 0 Å². The van der Waals surface area contributed by atoms with Crippen LogP contribution in [0.5, 0.6) is 5.75 Å². The van der Waals surface area contributed by atoms with Crippen LogP contribution in [0.2, 0.25) is 0 Å². The lowest BCUT2D eigenvalue weighted by Crippen LogP contribution is -2.46. The number of carbonyl (C=O) groups excluding carboxylic acids is 1. The number of ketones is 1. The molecular weight excluding hydrogens is 369 g/mol. The Morgan fingerprint density at radius 2 is 1.90 bits per heavy atom. The van der Waals surface area contributed by atoms with Crippen LogP contribution in [-0.4, -0.2) is 57.1 Å². The van der Waals surface area contributed by atoms with Gasteiger partial charge in [0.25, 0.3) is 0 Å². The van der Waals surface area contributed by atoms with E-state index in [0.717, 1.165) is 50.6 Å². The van der Waals surface area contributed by atoms with Gasteiger partial charge in [-0.1, -0.05) is 12.1 Å². The van der Waals surface area contributed by atoms with Gasteiger partial charge in [0.15, 0.2) is 5.78 Å². The molecule has 0 aliphatic carbocycles. The molecular formula is C23H30FN3O2. The topological polar surface area (TPSA) is 44.8 Å². The van der Waals surface area contributed by atoms with Crippen molar-refractivity contribution in [1.29, 1.82) is 0 Å². The number of Topliss-reactive ketones (excluding diaryl/α,β-unsaturated/α-hetero) is 1. The molecule has 2 aromatic carbocycles. The van der Waals surface area contributed by atoms with E-state index in [1.54, 1.807) is 13.2 Å². The molecule has 1 aliphatic rings. The second kappa shape index (κ2) is 10.3. The molecule has 0 bridgehead atoms. The second-order valence-corrected chi connectivity index (χ2v) is 7.25. The van der Waals surface area contributed by atoms with Gasteiger partial charge >= 0.3 is 0 Å². The van der Waals surface area contributed by atoms with Gasteiger partial charge in [-0.05, 0) is 50.2 Å². The van der Waals surface area contributed by atoms with Gasteiger partial charge in [0, 0.05) is 50.4 Å². The number of para-hydroxylation sites is 2. The Morgan fingerprint density at radius 1 is 1.14 bits per heavy atom. The van der Waals surface area contributed by atoms with Crippen LogP contribution in [0, 0.1) is 5.82 Å². The fourth-order valence-corrected chi connectivity index (χ4v) is 3.80.